The first-order chi connectivity index (χ1) is 10.1. The molecule has 3 heteroatoms. The Bertz CT molecular complexity index is 598. The summed E-state index contributed by atoms with van der Waals surface area (Å²) in [5, 5.41) is 3.54. The Morgan fingerprint density at radius 1 is 1.14 bits per heavy atom. The molecule has 0 fully saturated rings. The molecule has 0 radical (unpaired) electrons. The van der Waals surface area contributed by atoms with Crippen molar-refractivity contribution in [2.45, 2.75) is 31.7 Å². The Kier molecular flexibility index (Phi) is 5.83. The van der Waals surface area contributed by atoms with Crippen LogP contribution in [0.1, 0.15) is 29.7 Å². The lowest BCUT2D eigenvalue weighted by molar-refractivity contribution is 0.602. The average Bonchev–Trinajstić information content (AvgIpc) is 2.46. The number of benzene rings is 2. The van der Waals surface area contributed by atoms with E-state index in [0.29, 0.717) is 0 Å². The van der Waals surface area contributed by atoms with Crippen molar-refractivity contribution in [3.05, 3.63) is 65.0 Å². The van der Waals surface area contributed by atoms with Crippen molar-refractivity contribution in [1.29, 1.82) is 0 Å². The van der Waals surface area contributed by atoms with Gasteiger partial charge >= 0.3 is 0 Å². The zero-order valence-electron chi connectivity index (χ0n) is 12.8. The molecule has 0 spiro atoms. The van der Waals surface area contributed by atoms with E-state index < -0.39 is 0 Å². The number of hydrogen-bond acceptors (Lipinski definition) is 2. The first-order valence-electron chi connectivity index (χ1n) is 7.29. The van der Waals surface area contributed by atoms with Gasteiger partial charge in [0.2, 0.25) is 0 Å². The summed E-state index contributed by atoms with van der Waals surface area (Å²) in [4.78, 5) is 0.975. The molecule has 0 aliphatic heterocycles. The molecule has 1 nitrogen and oxygen atoms in total. The zero-order chi connectivity index (χ0) is 15.2. The SMILES string of the molecule is CCNC(CSc1cccc(F)c1)c1cc(C)ccc1C. The molecule has 0 aromatic heterocycles. The van der Waals surface area contributed by atoms with Crippen LogP contribution < -0.4 is 5.32 Å². The molecular weight excluding hydrogens is 281 g/mol. The van der Waals surface area contributed by atoms with Crippen LogP contribution >= 0.6 is 11.8 Å². The second-order valence-electron chi connectivity index (χ2n) is 5.24. The van der Waals surface area contributed by atoms with Gasteiger partial charge in [0.1, 0.15) is 5.82 Å². The lowest BCUT2D eigenvalue weighted by Crippen LogP contribution is -2.23. The van der Waals surface area contributed by atoms with Crippen molar-refractivity contribution in [3.8, 4) is 0 Å². The number of rotatable bonds is 6. The second-order valence-corrected chi connectivity index (χ2v) is 6.33. The molecule has 1 atom stereocenters. The first-order valence-corrected chi connectivity index (χ1v) is 8.27. The molecule has 112 valence electrons. The predicted octanol–water partition coefficient (Wildman–Crippen LogP) is 4.89. The quantitative estimate of drug-likeness (QED) is 0.763. The Balaban J connectivity index is 2.13. The fourth-order valence-corrected chi connectivity index (χ4v) is 3.40. The molecule has 0 amide bonds. The molecule has 1 N–H and O–H groups in total. The van der Waals surface area contributed by atoms with Crippen LogP contribution in [0.5, 0.6) is 0 Å². The summed E-state index contributed by atoms with van der Waals surface area (Å²) in [6.07, 6.45) is 0. The van der Waals surface area contributed by atoms with E-state index in [2.05, 4.69) is 44.3 Å². The standard InChI is InChI=1S/C18H22FNS/c1-4-20-18(17-10-13(2)8-9-14(17)3)12-21-16-7-5-6-15(19)11-16/h5-11,18,20H,4,12H2,1-3H3. The molecule has 2 aromatic rings. The highest BCUT2D eigenvalue weighted by molar-refractivity contribution is 7.99. The van der Waals surface area contributed by atoms with Gasteiger partial charge in [-0.15, -0.1) is 11.8 Å². The van der Waals surface area contributed by atoms with Crippen LogP contribution in [0.4, 0.5) is 4.39 Å². The zero-order valence-corrected chi connectivity index (χ0v) is 13.6. The number of nitrogens with one attached hydrogen (secondary N) is 1. The smallest absolute Gasteiger partial charge is 0.124 e. The van der Waals surface area contributed by atoms with Crippen LogP contribution in [0.3, 0.4) is 0 Å². The van der Waals surface area contributed by atoms with Gasteiger partial charge in [0.25, 0.3) is 0 Å². The van der Waals surface area contributed by atoms with Gasteiger partial charge in [-0.2, -0.15) is 0 Å². The number of thioether (sulfide) groups is 1. The van der Waals surface area contributed by atoms with E-state index >= 15 is 0 Å². The minimum Gasteiger partial charge on any atom is -0.309 e. The molecule has 2 rings (SSSR count). The predicted molar refractivity (Wildman–Crippen MR) is 89.5 cm³/mol. The molecule has 1 unspecified atom stereocenters. The van der Waals surface area contributed by atoms with Gasteiger partial charge in [-0.25, -0.2) is 4.39 Å². The van der Waals surface area contributed by atoms with Crippen molar-refractivity contribution < 1.29 is 4.39 Å². The fraction of sp³-hybridized carbons (Fsp3) is 0.333. The summed E-state index contributed by atoms with van der Waals surface area (Å²) in [6, 6.07) is 13.6. The van der Waals surface area contributed by atoms with E-state index in [0.717, 1.165) is 17.2 Å². The minimum atomic E-state index is -0.174. The van der Waals surface area contributed by atoms with Crippen LogP contribution in [-0.4, -0.2) is 12.3 Å². The Labute approximate surface area is 131 Å². The third-order valence-electron chi connectivity index (χ3n) is 3.47. The maximum absolute atomic E-state index is 13.3. The van der Waals surface area contributed by atoms with Gasteiger partial charge in [0.05, 0.1) is 0 Å². The third-order valence-corrected chi connectivity index (χ3v) is 4.56. The molecule has 0 saturated heterocycles. The summed E-state index contributed by atoms with van der Waals surface area (Å²) < 4.78 is 13.3. The van der Waals surface area contributed by atoms with Crippen molar-refractivity contribution in [2.75, 3.05) is 12.3 Å². The number of halogens is 1. The number of hydrogen-bond donors (Lipinski definition) is 1. The topological polar surface area (TPSA) is 12.0 Å². The van der Waals surface area contributed by atoms with Gasteiger partial charge in [-0.1, -0.05) is 36.8 Å². The molecule has 0 saturated carbocycles. The molecule has 0 aliphatic rings. The summed E-state index contributed by atoms with van der Waals surface area (Å²) in [6.45, 7) is 7.30. The van der Waals surface area contributed by atoms with Crippen LogP contribution in [0.25, 0.3) is 0 Å². The van der Waals surface area contributed by atoms with Crippen LogP contribution in [0, 0.1) is 19.7 Å². The fourth-order valence-electron chi connectivity index (χ4n) is 2.38. The lowest BCUT2D eigenvalue weighted by atomic mass is 10.00. The van der Waals surface area contributed by atoms with Gasteiger partial charge in [0.15, 0.2) is 0 Å². The lowest BCUT2D eigenvalue weighted by Gasteiger charge is -2.20. The molecule has 2 aromatic carbocycles. The highest BCUT2D eigenvalue weighted by atomic mass is 32.2. The Morgan fingerprint density at radius 2 is 1.95 bits per heavy atom. The maximum atomic E-state index is 13.3. The largest absolute Gasteiger partial charge is 0.309 e. The van der Waals surface area contributed by atoms with Crippen molar-refractivity contribution in [3.63, 3.8) is 0 Å². The van der Waals surface area contributed by atoms with Crippen molar-refractivity contribution >= 4 is 11.8 Å². The Morgan fingerprint density at radius 3 is 2.67 bits per heavy atom. The van der Waals surface area contributed by atoms with E-state index in [1.165, 1.54) is 22.8 Å². The number of aryl methyl sites for hydroxylation is 2. The molecule has 0 heterocycles. The Hall–Kier alpha value is -1.32. The van der Waals surface area contributed by atoms with Gasteiger partial charge in [0, 0.05) is 16.7 Å². The maximum Gasteiger partial charge on any atom is 0.124 e. The molecule has 0 bridgehead atoms. The van der Waals surface area contributed by atoms with Crippen molar-refractivity contribution in [1.82, 2.24) is 5.32 Å². The summed E-state index contributed by atoms with van der Waals surface area (Å²) in [5.41, 5.74) is 3.90. The van der Waals surface area contributed by atoms with E-state index in [-0.39, 0.29) is 11.9 Å². The van der Waals surface area contributed by atoms with Crippen LogP contribution in [-0.2, 0) is 0 Å². The highest BCUT2D eigenvalue weighted by Crippen LogP contribution is 2.27. The van der Waals surface area contributed by atoms with Crippen LogP contribution in [0.2, 0.25) is 0 Å². The van der Waals surface area contributed by atoms with E-state index in [1.54, 1.807) is 23.9 Å². The summed E-state index contributed by atoms with van der Waals surface area (Å²) in [7, 11) is 0. The molecule has 0 aliphatic carbocycles. The van der Waals surface area contributed by atoms with Gasteiger partial charge in [-0.3, -0.25) is 0 Å². The monoisotopic (exact) mass is 303 g/mol. The van der Waals surface area contributed by atoms with Crippen LogP contribution in [0.15, 0.2) is 47.4 Å². The summed E-state index contributed by atoms with van der Waals surface area (Å²) >= 11 is 1.69. The normalized spacial score (nSPS) is 12.4. The van der Waals surface area contributed by atoms with E-state index in [9.17, 15) is 4.39 Å². The molecule has 21 heavy (non-hydrogen) atoms. The van der Waals surface area contributed by atoms with Gasteiger partial charge in [-0.05, 0) is 49.7 Å². The average molecular weight is 303 g/mol. The first kappa shape index (κ1) is 16.1. The second kappa shape index (κ2) is 7.62. The van der Waals surface area contributed by atoms with E-state index in [4.69, 9.17) is 0 Å². The third kappa shape index (κ3) is 4.58. The minimum absolute atomic E-state index is 0.174. The van der Waals surface area contributed by atoms with Gasteiger partial charge < -0.3 is 5.32 Å². The molecular formula is C18H22FNS. The highest BCUT2D eigenvalue weighted by Gasteiger charge is 2.13. The summed E-state index contributed by atoms with van der Waals surface area (Å²) in [5.74, 6) is 0.716. The van der Waals surface area contributed by atoms with E-state index in [1.807, 2.05) is 6.07 Å². The van der Waals surface area contributed by atoms with Crippen molar-refractivity contribution in [2.24, 2.45) is 0 Å².